The lowest BCUT2D eigenvalue weighted by atomic mass is 10.3. The predicted octanol–water partition coefficient (Wildman–Crippen LogP) is 2.33. The van der Waals surface area contributed by atoms with Crippen molar-refractivity contribution in [3.05, 3.63) is 18.6 Å². The predicted molar refractivity (Wildman–Crippen MR) is 25.2 cm³/mol. The number of halogens is 3. The molecule has 0 spiro atoms. The number of rotatable bonds is 0. The average molecular weight is 123 g/mol. The number of alkyl halides is 3. The van der Waals surface area contributed by atoms with E-state index < -0.39 is 11.7 Å². The summed E-state index contributed by atoms with van der Waals surface area (Å²) in [6.07, 6.45) is -3.40. The highest BCUT2D eigenvalue weighted by Crippen LogP contribution is 2.23. The van der Waals surface area contributed by atoms with E-state index in [1.165, 1.54) is 0 Å². The quantitative estimate of drug-likeness (QED) is 0.463. The fourth-order valence-electron chi connectivity index (χ4n) is 0.116. The summed E-state index contributed by atoms with van der Waals surface area (Å²) in [5.41, 5.74) is -0.655. The summed E-state index contributed by atoms with van der Waals surface area (Å²) < 4.78 is 34.0. The number of allylic oxidation sites excluding steroid dienone is 2. The molecule has 47 valence electrons. The molecule has 0 atom stereocenters. The molecule has 0 nitrogen and oxygen atoms in total. The monoisotopic (exact) mass is 123 g/mol. The SMILES string of the molecule is [CH2]/C=C(\C)C(F)(F)F. The van der Waals surface area contributed by atoms with Crippen LogP contribution in [0.3, 0.4) is 0 Å². The summed E-state index contributed by atoms with van der Waals surface area (Å²) >= 11 is 0. The lowest BCUT2D eigenvalue weighted by molar-refractivity contribution is -0.0913. The van der Waals surface area contributed by atoms with E-state index in [9.17, 15) is 13.2 Å². The van der Waals surface area contributed by atoms with Crippen molar-refractivity contribution in [3.63, 3.8) is 0 Å². The Labute approximate surface area is 46.0 Å². The van der Waals surface area contributed by atoms with Crippen molar-refractivity contribution in [1.82, 2.24) is 0 Å². The number of hydrogen-bond donors (Lipinski definition) is 0. The maximum absolute atomic E-state index is 11.3. The summed E-state index contributed by atoms with van der Waals surface area (Å²) in [4.78, 5) is 0. The van der Waals surface area contributed by atoms with Gasteiger partial charge >= 0.3 is 6.18 Å². The van der Waals surface area contributed by atoms with Crippen LogP contribution in [-0.4, -0.2) is 6.18 Å². The molecule has 0 amide bonds. The standard InChI is InChI=1S/C5H6F3/c1-3-4(2)5(6,7)8/h3H,1H2,2H3/b4-3+. The van der Waals surface area contributed by atoms with Crippen molar-refractivity contribution in [2.24, 2.45) is 0 Å². The van der Waals surface area contributed by atoms with Crippen LogP contribution in [0.15, 0.2) is 11.6 Å². The van der Waals surface area contributed by atoms with E-state index in [1.807, 2.05) is 0 Å². The third-order valence-electron chi connectivity index (χ3n) is 0.753. The molecule has 0 heterocycles. The number of hydrogen-bond acceptors (Lipinski definition) is 0. The molecule has 0 saturated heterocycles. The van der Waals surface area contributed by atoms with Gasteiger partial charge in [0, 0.05) is 5.57 Å². The minimum Gasteiger partial charge on any atom is -0.167 e. The maximum atomic E-state index is 11.3. The second-order valence-electron chi connectivity index (χ2n) is 1.38. The molecule has 0 bridgehead atoms. The van der Waals surface area contributed by atoms with Crippen LogP contribution in [0.2, 0.25) is 0 Å². The van der Waals surface area contributed by atoms with E-state index in [-0.39, 0.29) is 0 Å². The summed E-state index contributed by atoms with van der Waals surface area (Å²) in [6.45, 7) is 3.95. The highest BCUT2D eigenvalue weighted by atomic mass is 19.4. The summed E-state index contributed by atoms with van der Waals surface area (Å²) in [5.74, 6) is 0. The molecular weight excluding hydrogens is 117 g/mol. The zero-order chi connectivity index (χ0) is 6.78. The molecule has 0 aliphatic carbocycles. The molecule has 0 aliphatic heterocycles. The van der Waals surface area contributed by atoms with E-state index >= 15 is 0 Å². The van der Waals surface area contributed by atoms with Gasteiger partial charge in [-0.05, 0) is 13.8 Å². The third-order valence-corrected chi connectivity index (χ3v) is 0.753. The van der Waals surface area contributed by atoms with Gasteiger partial charge in [0.1, 0.15) is 0 Å². The minimum atomic E-state index is -4.19. The fraction of sp³-hybridized carbons (Fsp3) is 0.400. The first-order valence-electron chi connectivity index (χ1n) is 2.01. The van der Waals surface area contributed by atoms with E-state index in [2.05, 4.69) is 6.92 Å². The zero-order valence-corrected chi connectivity index (χ0v) is 4.42. The highest BCUT2D eigenvalue weighted by Gasteiger charge is 2.28. The van der Waals surface area contributed by atoms with Crippen molar-refractivity contribution in [3.8, 4) is 0 Å². The van der Waals surface area contributed by atoms with Crippen LogP contribution in [0.25, 0.3) is 0 Å². The molecule has 0 N–H and O–H groups in total. The molecule has 0 aromatic carbocycles. The van der Waals surface area contributed by atoms with Gasteiger partial charge in [-0.25, -0.2) is 0 Å². The van der Waals surface area contributed by atoms with Crippen LogP contribution in [0.5, 0.6) is 0 Å². The van der Waals surface area contributed by atoms with Gasteiger partial charge in [0.25, 0.3) is 0 Å². The molecule has 0 rings (SSSR count). The van der Waals surface area contributed by atoms with E-state index in [4.69, 9.17) is 0 Å². The van der Waals surface area contributed by atoms with E-state index in [0.717, 1.165) is 13.0 Å². The summed E-state index contributed by atoms with van der Waals surface area (Å²) in [7, 11) is 0. The van der Waals surface area contributed by atoms with Crippen LogP contribution >= 0.6 is 0 Å². The Balaban J connectivity index is 4.03. The van der Waals surface area contributed by atoms with Crippen molar-refractivity contribution in [1.29, 1.82) is 0 Å². The van der Waals surface area contributed by atoms with Crippen LogP contribution in [0, 0.1) is 6.92 Å². The molecule has 3 heteroatoms. The van der Waals surface area contributed by atoms with Gasteiger partial charge in [-0.15, -0.1) is 0 Å². The first-order valence-corrected chi connectivity index (χ1v) is 2.01. The molecular formula is C5H6F3. The van der Waals surface area contributed by atoms with Gasteiger partial charge < -0.3 is 0 Å². The minimum absolute atomic E-state index is 0.655. The van der Waals surface area contributed by atoms with Crippen LogP contribution in [0.1, 0.15) is 6.92 Å². The van der Waals surface area contributed by atoms with Gasteiger partial charge in [0.2, 0.25) is 0 Å². The Kier molecular flexibility index (Phi) is 2.07. The van der Waals surface area contributed by atoms with Crippen molar-refractivity contribution in [2.75, 3.05) is 0 Å². The Bertz CT molecular complexity index is 98.7. The molecule has 0 aromatic rings. The van der Waals surface area contributed by atoms with Crippen molar-refractivity contribution < 1.29 is 13.2 Å². The van der Waals surface area contributed by atoms with Crippen LogP contribution < -0.4 is 0 Å². The Hall–Kier alpha value is -0.470. The molecule has 0 aromatic heterocycles. The van der Waals surface area contributed by atoms with E-state index in [0.29, 0.717) is 0 Å². The maximum Gasteiger partial charge on any atom is 0.412 e. The van der Waals surface area contributed by atoms with Gasteiger partial charge in [0.15, 0.2) is 0 Å². The lowest BCUT2D eigenvalue weighted by Crippen LogP contribution is -2.07. The Morgan fingerprint density at radius 1 is 1.50 bits per heavy atom. The Morgan fingerprint density at radius 2 is 1.88 bits per heavy atom. The van der Waals surface area contributed by atoms with E-state index in [1.54, 1.807) is 0 Å². The molecule has 8 heavy (non-hydrogen) atoms. The topological polar surface area (TPSA) is 0 Å². The fourth-order valence-corrected chi connectivity index (χ4v) is 0.116. The Morgan fingerprint density at radius 3 is 1.88 bits per heavy atom. The van der Waals surface area contributed by atoms with Gasteiger partial charge in [-0.3, -0.25) is 0 Å². The smallest absolute Gasteiger partial charge is 0.167 e. The second kappa shape index (κ2) is 2.20. The largest absolute Gasteiger partial charge is 0.412 e. The van der Waals surface area contributed by atoms with Gasteiger partial charge in [-0.2, -0.15) is 13.2 Å². The zero-order valence-electron chi connectivity index (χ0n) is 4.42. The van der Waals surface area contributed by atoms with Crippen molar-refractivity contribution >= 4 is 0 Å². The van der Waals surface area contributed by atoms with Crippen molar-refractivity contribution in [2.45, 2.75) is 13.1 Å². The summed E-state index contributed by atoms with van der Waals surface area (Å²) in [6, 6.07) is 0. The van der Waals surface area contributed by atoms with Gasteiger partial charge in [-0.1, -0.05) is 6.08 Å². The van der Waals surface area contributed by atoms with Crippen LogP contribution in [-0.2, 0) is 0 Å². The summed E-state index contributed by atoms with van der Waals surface area (Å²) in [5, 5.41) is 0. The first-order chi connectivity index (χ1) is 3.48. The average Bonchev–Trinajstić information content (AvgIpc) is 1.62. The highest BCUT2D eigenvalue weighted by molar-refractivity contribution is 5.06. The molecule has 0 unspecified atom stereocenters. The molecule has 0 fully saturated rings. The normalized spacial score (nSPS) is 14.4. The van der Waals surface area contributed by atoms with Crippen LogP contribution in [0.4, 0.5) is 13.2 Å². The lowest BCUT2D eigenvalue weighted by Gasteiger charge is -2.03. The second-order valence-corrected chi connectivity index (χ2v) is 1.38. The van der Waals surface area contributed by atoms with Gasteiger partial charge in [0.05, 0.1) is 0 Å². The first kappa shape index (κ1) is 7.53. The molecule has 0 saturated carbocycles. The third kappa shape index (κ3) is 2.00. The molecule has 0 aliphatic rings. The molecule has 1 radical (unpaired) electrons.